The van der Waals surface area contributed by atoms with Crippen molar-refractivity contribution in [2.45, 2.75) is 39.2 Å². The number of hydrogen-bond donors (Lipinski definition) is 1. The van der Waals surface area contributed by atoms with E-state index in [4.69, 9.17) is 0 Å². The minimum atomic E-state index is 0.103. The third-order valence-corrected chi connectivity index (χ3v) is 2.91. The van der Waals surface area contributed by atoms with Gasteiger partial charge >= 0.3 is 0 Å². The van der Waals surface area contributed by atoms with Gasteiger partial charge in [-0.05, 0) is 25.4 Å². The highest BCUT2D eigenvalue weighted by Gasteiger charge is 2.20. The molecular weight excluding hydrogens is 188 g/mol. The van der Waals surface area contributed by atoms with Gasteiger partial charge in [-0.2, -0.15) is 0 Å². The van der Waals surface area contributed by atoms with E-state index in [1.165, 1.54) is 6.42 Å². The molecule has 84 valence electrons. The SMILES string of the molecule is CC(C)(C)c1cn(CC2CCNC2)nn1. The van der Waals surface area contributed by atoms with E-state index in [-0.39, 0.29) is 5.41 Å². The van der Waals surface area contributed by atoms with Crippen molar-refractivity contribution in [1.29, 1.82) is 0 Å². The van der Waals surface area contributed by atoms with E-state index in [1.54, 1.807) is 0 Å². The third kappa shape index (κ3) is 2.56. The van der Waals surface area contributed by atoms with E-state index in [2.05, 4.69) is 42.6 Å². The van der Waals surface area contributed by atoms with Gasteiger partial charge in [0.2, 0.25) is 0 Å². The molecule has 1 aliphatic rings. The number of nitrogens with zero attached hydrogens (tertiary/aromatic N) is 3. The van der Waals surface area contributed by atoms with Crippen LogP contribution in [0.1, 0.15) is 32.9 Å². The Balaban J connectivity index is 2.00. The number of aromatic nitrogens is 3. The standard InChI is InChI=1S/C11H20N4/c1-11(2,3)10-8-15(14-13-10)7-9-4-5-12-6-9/h8-9,12H,4-7H2,1-3H3. The van der Waals surface area contributed by atoms with E-state index >= 15 is 0 Å². The summed E-state index contributed by atoms with van der Waals surface area (Å²) in [7, 11) is 0. The fourth-order valence-corrected chi connectivity index (χ4v) is 1.87. The van der Waals surface area contributed by atoms with Crippen LogP contribution < -0.4 is 5.32 Å². The molecule has 4 heteroatoms. The van der Waals surface area contributed by atoms with Gasteiger partial charge < -0.3 is 5.32 Å². The molecular formula is C11H20N4. The topological polar surface area (TPSA) is 42.7 Å². The Hall–Kier alpha value is -0.900. The summed E-state index contributed by atoms with van der Waals surface area (Å²) in [5.74, 6) is 0.722. The van der Waals surface area contributed by atoms with Crippen LogP contribution >= 0.6 is 0 Å². The molecule has 1 saturated heterocycles. The molecule has 1 fully saturated rings. The second-order valence-corrected chi connectivity index (χ2v) is 5.43. The van der Waals surface area contributed by atoms with Crippen LogP contribution in [0.4, 0.5) is 0 Å². The molecule has 0 aromatic carbocycles. The van der Waals surface area contributed by atoms with Crippen LogP contribution in [0.15, 0.2) is 6.20 Å². The largest absolute Gasteiger partial charge is 0.316 e. The zero-order valence-electron chi connectivity index (χ0n) is 9.82. The van der Waals surface area contributed by atoms with Gasteiger partial charge in [-0.1, -0.05) is 26.0 Å². The molecule has 0 aliphatic carbocycles. The lowest BCUT2D eigenvalue weighted by Crippen LogP contribution is -2.15. The van der Waals surface area contributed by atoms with E-state index in [1.807, 2.05) is 4.68 Å². The third-order valence-electron chi connectivity index (χ3n) is 2.91. The Bertz CT molecular complexity index is 318. The average molecular weight is 208 g/mol. The monoisotopic (exact) mass is 208 g/mol. The summed E-state index contributed by atoms with van der Waals surface area (Å²) in [5, 5.41) is 11.8. The van der Waals surface area contributed by atoms with Gasteiger partial charge in [0.1, 0.15) is 0 Å². The predicted octanol–water partition coefficient (Wildman–Crippen LogP) is 1.19. The number of hydrogen-bond acceptors (Lipinski definition) is 3. The molecule has 0 bridgehead atoms. The highest BCUT2D eigenvalue weighted by molar-refractivity contribution is 5.06. The smallest absolute Gasteiger partial charge is 0.0880 e. The summed E-state index contributed by atoms with van der Waals surface area (Å²) in [4.78, 5) is 0. The number of nitrogens with one attached hydrogen (secondary N) is 1. The van der Waals surface area contributed by atoms with Gasteiger partial charge in [0.15, 0.2) is 0 Å². The van der Waals surface area contributed by atoms with E-state index in [9.17, 15) is 0 Å². The van der Waals surface area contributed by atoms with Crippen LogP contribution in [0.25, 0.3) is 0 Å². The minimum Gasteiger partial charge on any atom is -0.316 e. The molecule has 1 aromatic rings. The van der Waals surface area contributed by atoms with E-state index < -0.39 is 0 Å². The molecule has 0 saturated carbocycles. The van der Waals surface area contributed by atoms with Crippen LogP contribution in [0.2, 0.25) is 0 Å². The first kappa shape index (κ1) is 10.6. The van der Waals surface area contributed by atoms with Crippen LogP contribution in [-0.4, -0.2) is 28.1 Å². The first-order valence-corrected chi connectivity index (χ1v) is 5.67. The van der Waals surface area contributed by atoms with Crippen molar-refractivity contribution in [2.24, 2.45) is 5.92 Å². The average Bonchev–Trinajstić information content (AvgIpc) is 2.73. The normalized spacial score (nSPS) is 22.2. The maximum atomic E-state index is 4.22. The molecule has 1 N–H and O–H groups in total. The Morgan fingerprint density at radius 3 is 2.87 bits per heavy atom. The molecule has 1 aliphatic heterocycles. The van der Waals surface area contributed by atoms with Gasteiger partial charge in [-0.15, -0.1) is 5.10 Å². The van der Waals surface area contributed by atoms with Crippen molar-refractivity contribution >= 4 is 0 Å². The summed E-state index contributed by atoms with van der Waals surface area (Å²) in [6.07, 6.45) is 3.34. The Kier molecular flexibility index (Phi) is 2.78. The van der Waals surface area contributed by atoms with Crippen molar-refractivity contribution < 1.29 is 0 Å². The van der Waals surface area contributed by atoms with E-state index in [0.717, 1.165) is 31.2 Å². The lowest BCUT2D eigenvalue weighted by atomic mass is 9.93. The summed E-state index contributed by atoms with van der Waals surface area (Å²) >= 11 is 0. The van der Waals surface area contributed by atoms with Crippen molar-refractivity contribution in [3.8, 4) is 0 Å². The highest BCUT2D eigenvalue weighted by atomic mass is 15.4. The first-order valence-electron chi connectivity index (χ1n) is 5.67. The van der Waals surface area contributed by atoms with Crippen LogP contribution in [-0.2, 0) is 12.0 Å². The molecule has 1 atom stereocenters. The molecule has 2 heterocycles. The van der Waals surface area contributed by atoms with Crippen LogP contribution in [0, 0.1) is 5.92 Å². The highest BCUT2D eigenvalue weighted by Crippen LogP contribution is 2.19. The van der Waals surface area contributed by atoms with Crippen LogP contribution in [0.5, 0.6) is 0 Å². The molecule has 0 spiro atoms. The Morgan fingerprint density at radius 1 is 1.53 bits per heavy atom. The van der Waals surface area contributed by atoms with Gasteiger partial charge in [-0.25, -0.2) is 0 Å². The lowest BCUT2D eigenvalue weighted by molar-refractivity contribution is 0.441. The zero-order chi connectivity index (χ0) is 10.9. The van der Waals surface area contributed by atoms with Gasteiger partial charge in [0.25, 0.3) is 0 Å². The second kappa shape index (κ2) is 3.93. The van der Waals surface area contributed by atoms with Crippen molar-refractivity contribution in [2.75, 3.05) is 13.1 Å². The summed E-state index contributed by atoms with van der Waals surface area (Å²) in [6.45, 7) is 9.75. The Morgan fingerprint density at radius 2 is 2.33 bits per heavy atom. The molecule has 1 unspecified atom stereocenters. The van der Waals surface area contributed by atoms with Gasteiger partial charge in [0, 0.05) is 18.2 Å². The Labute approximate surface area is 91.1 Å². The lowest BCUT2D eigenvalue weighted by Gasteiger charge is -2.13. The minimum absolute atomic E-state index is 0.103. The maximum Gasteiger partial charge on any atom is 0.0880 e. The maximum absolute atomic E-state index is 4.22. The zero-order valence-corrected chi connectivity index (χ0v) is 9.82. The molecule has 15 heavy (non-hydrogen) atoms. The van der Waals surface area contributed by atoms with Gasteiger partial charge in [-0.3, -0.25) is 4.68 Å². The van der Waals surface area contributed by atoms with Crippen molar-refractivity contribution in [1.82, 2.24) is 20.3 Å². The molecule has 0 amide bonds. The molecule has 0 radical (unpaired) electrons. The fourth-order valence-electron chi connectivity index (χ4n) is 1.87. The van der Waals surface area contributed by atoms with Crippen LogP contribution in [0.3, 0.4) is 0 Å². The van der Waals surface area contributed by atoms with Crippen molar-refractivity contribution in [3.63, 3.8) is 0 Å². The number of rotatable bonds is 2. The molecule has 2 rings (SSSR count). The molecule has 4 nitrogen and oxygen atoms in total. The predicted molar refractivity (Wildman–Crippen MR) is 59.7 cm³/mol. The second-order valence-electron chi connectivity index (χ2n) is 5.43. The van der Waals surface area contributed by atoms with Gasteiger partial charge in [0.05, 0.1) is 5.69 Å². The summed E-state index contributed by atoms with van der Waals surface area (Å²) in [6, 6.07) is 0. The quantitative estimate of drug-likeness (QED) is 0.793. The first-order chi connectivity index (χ1) is 7.05. The fraction of sp³-hybridized carbons (Fsp3) is 0.818. The van der Waals surface area contributed by atoms with E-state index in [0.29, 0.717) is 0 Å². The van der Waals surface area contributed by atoms with Crippen molar-refractivity contribution in [3.05, 3.63) is 11.9 Å². The summed E-state index contributed by atoms with van der Waals surface area (Å²) in [5.41, 5.74) is 1.18. The summed E-state index contributed by atoms with van der Waals surface area (Å²) < 4.78 is 1.98. The molecule has 1 aromatic heterocycles.